The number of hydrogen-bond donors (Lipinski definition) is 1. The van der Waals surface area contributed by atoms with Gasteiger partial charge in [0.15, 0.2) is 0 Å². The zero-order valence-electron chi connectivity index (χ0n) is 9.83. The molecule has 2 fully saturated rings. The van der Waals surface area contributed by atoms with Crippen molar-refractivity contribution < 1.29 is 4.79 Å². The van der Waals surface area contributed by atoms with Crippen molar-refractivity contribution in [2.75, 3.05) is 6.67 Å². The first-order chi connectivity index (χ1) is 7.22. The van der Waals surface area contributed by atoms with E-state index in [4.69, 9.17) is 0 Å². The Balaban J connectivity index is 1.92. The van der Waals surface area contributed by atoms with E-state index < -0.39 is 0 Å². The van der Waals surface area contributed by atoms with Gasteiger partial charge in [-0.2, -0.15) is 0 Å². The van der Waals surface area contributed by atoms with Crippen LogP contribution >= 0.6 is 0 Å². The zero-order valence-corrected chi connectivity index (χ0v) is 9.83. The summed E-state index contributed by atoms with van der Waals surface area (Å²) < 4.78 is 0. The number of nitrogens with one attached hydrogen (secondary N) is 1. The highest BCUT2D eigenvalue weighted by Crippen LogP contribution is 2.30. The summed E-state index contributed by atoms with van der Waals surface area (Å²) in [7, 11) is 0. The van der Waals surface area contributed by atoms with E-state index in [2.05, 4.69) is 24.1 Å². The molecular formula is C12H22N2O. The highest BCUT2D eigenvalue weighted by atomic mass is 16.2. The summed E-state index contributed by atoms with van der Waals surface area (Å²) in [4.78, 5) is 14.1. The van der Waals surface area contributed by atoms with Crippen molar-refractivity contribution in [2.24, 2.45) is 5.92 Å². The minimum absolute atomic E-state index is 0.103. The van der Waals surface area contributed by atoms with Gasteiger partial charge in [-0.3, -0.25) is 10.1 Å². The minimum atomic E-state index is 0.103. The van der Waals surface area contributed by atoms with Crippen LogP contribution in [-0.4, -0.2) is 29.6 Å². The molecule has 3 atom stereocenters. The quantitative estimate of drug-likeness (QED) is 0.769. The summed E-state index contributed by atoms with van der Waals surface area (Å²) in [6.07, 6.45) is 5.75. The van der Waals surface area contributed by atoms with Gasteiger partial charge in [0.2, 0.25) is 5.91 Å². The Morgan fingerprint density at radius 3 is 2.87 bits per heavy atom. The van der Waals surface area contributed by atoms with E-state index in [-0.39, 0.29) is 6.04 Å². The molecule has 3 unspecified atom stereocenters. The zero-order chi connectivity index (χ0) is 10.8. The molecule has 1 heterocycles. The molecule has 0 aromatic carbocycles. The summed E-state index contributed by atoms with van der Waals surface area (Å²) in [5.41, 5.74) is 0. The number of nitrogens with zero attached hydrogens (tertiary/aromatic N) is 1. The molecular weight excluding hydrogens is 188 g/mol. The minimum Gasteiger partial charge on any atom is -0.326 e. The Hall–Kier alpha value is -0.570. The third-order valence-electron chi connectivity index (χ3n) is 3.77. The lowest BCUT2D eigenvalue weighted by molar-refractivity contribution is -0.130. The number of hydrogen-bond acceptors (Lipinski definition) is 2. The molecule has 0 spiro atoms. The molecule has 1 saturated heterocycles. The average Bonchev–Trinajstić information content (AvgIpc) is 2.76. The van der Waals surface area contributed by atoms with Crippen LogP contribution in [0.2, 0.25) is 0 Å². The lowest BCUT2D eigenvalue weighted by atomic mass is 10.1. The predicted molar refractivity (Wildman–Crippen MR) is 60.3 cm³/mol. The van der Waals surface area contributed by atoms with E-state index in [1.54, 1.807) is 0 Å². The van der Waals surface area contributed by atoms with Crippen LogP contribution in [-0.2, 0) is 4.79 Å². The molecule has 2 rings (SSSR count). The third-order valence-corrected chi connectivity index (χ3v) is 3.77. The Bertz CT molecular complexity index is 242. The van der Waals surface area contributed by atoms with E-state index >= 15 is 0 Å². The van der Waals surface area contributed by atoms with E-state index in [1.165, 1.54) is 19.3 Å². The molecule has 0 aromatic rings. The normalized spacial score (nSPS) is 36.5. The molecule has 3 heteroatoms. The van der Waals surface area contributed by atoms with Crippen molar-refractivity contribution in [2.45, 2.75) is 58.0 Å². The van der Waals surface area contributed by atoms with E-state index in [0.29, 0.717) is 11.9 Å². The molecule has 0 aromatic heterocycles. The molecule has 1 aliphatic heterocycles. The first-order valence-corrected chi connectivity index (χ1v) is 6.26. The van der Waals surface area contributed by atoms with Crippen molar-refractivity contribution in [3.63, 3.8) is 0 Å². The maximum Gasteiger partial charge on any atom is 0.241 e. The van der Waals surface area contributed by atoms with Crippen LogP contribution in [0.3, 0.4) is 0 Å². The molecule has 1 N–H and O–H groups in total. The van der Waals surface area contributed by atoms with Gasteiger partial charge in [-0.25, -0.2) is 0 Å². The molecule has 3 nitrogen and oxygen atoms in total. The Labute approximate surface area is 92.2 Å². The maximum absolute atomic E-state index is 12.1. The van der Waals surface area contributed by atoms with Crippen LogP contribution in [0.15, 0.2) is 0 Å². The molecule has 2 aliphatic rings. The van der Waals surface area contributed by atoms with E-state index in [1.807, 2.05) is 0 Å². The van der Waals surface area contributed by atoms with Crippen LogP contribution in [0.5, 0.6) is 0 Å². The van der Waals surface area contributed by atoms with Crippen molar-refractivity contribution in [3.8, 4) is 0 Å². The lowest BCUT2D eigenvalue weighted by Gasteiger charge is -2.23. The predicted octanol–water partition coefficient (Wildman–Crippen LogP) is 1.73. The van der Waals surface area contributed by atoms with Crippen LogP contribution in [0.4, 0.5) is 0 Å². The summed E-state index contributed by atoms with van der Waals surface area (Å²) in [6.45, 7) is 5.20. The second-order valence-electron chi connectivity index (χ2n) is 5.08. The summed E-state index contributed by atoms with van der Waals surface area (Å²) >= 11 is 0. The van der Waals surface area contributed by atoms with Crippen LogP contribution in [0.25, 0.3) is 0 Å². The van der Waals surface area contributed by atoms with Gasteiger partial charge in [0, 0.05) is 6.04 Å². The first kappa shape index (κ1) is 10.9. The van der Waals surface area contributed by atoms with Crippen molar-refractivity contribution >= 4 is 5.91 Å². The molecule has 86 valence electrons. The highest BCUT2D eigenvalue weighted by Gasteiger charge is 2.37. The lowest BCUT2D eigenvalue weighted by Crippen LogP contribution is -2.37. The van der Waals surface area contributed by atoms with Crippen molar-refractivity contribution in [3.05, 3.63) is 0 Å². The number of carbonyl (C=O) groups excluding carboxylic acids is 1. The fraction of sp³-hybridized carbons (Fsp3) is 0.917. The number of rotatable bonds is 3. The fourth-order valence-corrected chi connectivity index (χ4v) is 2.86. The summed E-state index contributed by atoms with van der Waals surface area (Å²) in [6, 6.07) is 0.618. The molecule has 1 aliphatic carbocycles. The smallest absolute Gasteiger partial charge is 0.241 e. The Morgan fingerprint density at radius 1 is 1.47 bits per heavy atom. The summed E-state index contributed by atoms with van der Waals surface area (Å²) in [5, 5.41) is 3.33. The van der Waals surface area contributed by atoms with Gasteiger partial charge in [0.25, 0.3) is 0 Å². The highest BCUT2D eigenvalue weighted by molar-refractivity contribution is 5.84. The van der Waals surface area contributed by atoms with Gasteiger partial charge in [0.05, 0.1) is 12.7 Å². The van der Waals surface area contributed by atoms with Gasteiger partial charge in [-0.15, -0.1) is 0 Å². The first-order valence-electron chi connectivity index (χ1n) is 6.26. The van der Waals surface area contributed by atoms with E-state index in [0.717, 1.165) is 25.4 Å². The van der Waals surface area contributed by atoms with Gasteiger partial charge >= 0.3 is 0 Å². The fourth-order valence-electron chi connectivity index (χ4n) is 2.86. The molecule has 1 amide bonds. The number of amides is 1. The standard InChI is InChI=1S/C12H22N2O/c1-3-4-11-12(15)14(8-13-11)10-6-5-9(2)7-10/h9-11,13H,3-8H2,1-2H3. The second-order valence-corrected chi connectivity index (χ2v) is 5.08. The van der Waals surface area contributed by atoms with Gasteiger partial charge in [0.1, 0.15) is 0 Å². The van der Waals surface area contributed by atoms with Gasteiger partial charge < -0.3 is 4.90 Å². The van der Waals surface area contributed by atoms with Crippen LogP contribution in [0.1, 0.15) is 46.0 Å². The average molecular weight is 210 g/mol. The molecule has 15 heavy (non-hydrogen) atoms. The van der Waals surface area contributed by atoms with Crippen molar-refractivity contribution in [1.82, 2.24) is 10.2 Å². The SMILES string of the molecule is CCCC1NCN(C2CCC(C)C2)C1=O. The monoisotopic (exact) mass is 210 g/mol. The topological polar surface area (TPSA) is 32.3 Å². The van der Waals surface area contributed by atoms with Gasteiger partial charge in [-0.1, -0.05) is 20.3 Å². The van der Waals surface area contributed by atoms with Crippen LogP contribution in [0, 0.1) is 5.92 Å². The molecule has 0 radical (unpaired) electrons. The maximum atomic E-state index is 12.1. The van der Waals surface area contributed by atoms with Crippen molar-refractivity contribution in [1.29, 1.82) is 0 Å². The third kappa shape index (κ3) is 2.17. The largest absolute Gasteiger partial charge is 0.326 e. The Morgan fingerprint density at radius 2 is 2.27 bits per heavy atom. The van der Waals surface area contributed by atoms with Gasteiger partial charge in [-0.05, 0) is 31.6 Å². The Kier molecular flexibility index (Phi) is 3.29. The summed E-state index contributed by atoms with van der Waals surface area (Å²) in [5.74, 6) is 1.14. The number of carbonyl (C=O) groups is 1. The second kappa shape index (κ2) is 4.52. The van der Waals surface area contributed by atoms with Crippen LogP contribution < -0.4 is 5.32 Å². The molecule has 1 saturated carbocycles. The van der Waals surface area contributed by atoms with E-state index in [9.17, 15) is 4.79 Å². The molecule has 0 bridgehead atoms.